The highest BCUT2D eigenvalue weighted by molar-refractivity contribution is 6.08. The Morgan fingerprint density at radius 3 is 2.86 bits per heavy atom. The number of phenols is 1. The molecule has 1 aliphatic rings. The van der Waals surface area contributed by atoms with Crippen LogP contribution < -0.4 is 10.6 Å². The predicted octanol–water partition coefficient (Wildman–Crippen LogP) is 2.23. The molecule has 4 nitrogen and oxygen atoms in total. The zero-order valence-electron chi connectivity index (χ0n) is 11.9. The summed E-state index contributed by atoms with van der Waals surface area (Å²) in [6, 6.07) is 12.7. The van der Waals surface area contributed by atoms with Crippen LogP contribution in [-0.2, 0) is 6.42 Å². The molecule has 2 aromatic rings. The van der Waals surface area contributed by atoms with E-state index in [2.05, 4.69) is 0 Å². The number of aromatic hydroxyl groups is 1. The predicted molar refractivity (Wildman–Crippen MR) is 82.6 cm³/mol. The van der Waals surface area contributed by atoms with E-state index in [4.69, 9.17) is 5.73 Å². The Morgan fingerprint density at radius 1 is 1.29 bits per heavy atom. The van der Waals surface area contributed by atoms with Crippen molar-refractivity contribution < 1.29 is 9.90 Å². The minimum Gasteiger partial charge on any atom is -0.507 e. The molecule has 3 N–H and O–H groups in total. The highest BCUT2D eigenvalue weighted by Crippen LogP contribution is 2.29. The van der Waals surface area contributed by atoms with E-state index in [9.17, 15) is 9.90 Å². The lowest BCUT2D eigenvalue weighted by Crippen LogP contribution is -2.46. The molecule has 0 saturated heterocycles. The quantitative estimate of drug-likeness (QED) is 0.843. The van der Waals surface area contributed by atoms with Crippen molar-refractivity contribution in [2.75, 3.05) is 11.4 Å². The van der Waals surface area contributed by atoms with Crippen LogP contribution in [0.3, 0.4) is 0 Å². The molecule has 1 heterocycles. The van der Waals surface area contributed by atoms with E-state index in [0.717, 1.165) is 23.2 Å². The zero-order chi connectivity index (χ0) is 15.0. The average molecular weight is 282 g/mol. The molecule has 0 saturated carbocycles. The SMILES string of the molecule is Cc1ccc(O)c(C(=O)N2CC(N)Cc3ccccc32)c1. The van der Waals surface area contributed by atoms with E-state index in [0.29, 0.717) is 12.1 Å². The normalized spacial score (nSPS) is 17.4. The van der Waals surface area contributed by atoms with Crippen LogP contribution in [0.15, 0.2) is 42.5 Å². The Morgan fingerprint density at radius 2 is 2.05 bits per heavy atom. The molecule has 3 rings (SSSR count). The van der Waals surface area contributed by atoms with Crippen molar-refractivity contribution in [3.8, 4) is 5.75 Å². The van der Waals surface area contributed by atoms with E-state index in [1.54, 1.807) is 23.1 Å². The minimum atomic E-state index is -0.209. The van der Waals surface area contributed by atoms with Gasteiger partial charge in [0.05, 0.1) is 5.56 Å². The van der Waals surface area contributed by atoms with Gasteiger partial charge < -0.3 is 15.7 Å². The fourth-order valence-corrected chi connectivity index (χ4v) is 2.79. The van der Waals surface area contributed by atoms with Gasteiger partial charge in [-0.1, -0.05) is 29.8 Å². The fourth-order valence-electron chi connectivity index (χ4n) is 2.79. The van der Waals surface area contributed by atoms with Gasteiger partial charge in [-0.2, -0.15) is 0 Å². The van der Waals surface area contributed by atoms with Crippen LogP contribution in [-0.4, -0.2) is 23.6 Å². The Hall–Kier alpha value is -2.33. The highest BCUT2D eigenvalue weighted by atomic mass is 16.3. The number of benzene rings is 2. The monoisotopic (exact) mass is 282 g/mol. The maximum absolute atomic E-state index is 12.8. The molecule has 0 bridgehead atoms. The number of phenolic OH excluding ortho intramolecular Hbond substituents is 1. The van der Waals surface area contributed by atoms with E-state index >= 15 is 0 Å². The van der Waals surface area contributed by atoms with Crippen LogP contribution in [0.5, 0.6) is 5.75 Å². The number of rotatable bonds is 1. The number of nitrogens with two attached hydrogens (primary N) is 1. The van der Waals surface area contributed by atoms with Gasteiger partial charge in [-0.25, -0.2) is 0 Å². The molecular weight excluding hydrogens is 264 g/mol. The lowest BCUT2D eigenvalue weighted by molar-refractivity contribution is 0.0980. The third-order valence-electron chi connectivity index (χ3n) is 3.81. The number of amides is 1. The number of fused-ring (bicyclic) bond motifs is 1. The van der Waals surface area contributed by atoms with Crippen molar-refractivity contribution in [3.05, 3.63) is 59.2 Å². The Kier molecular flexibility index (Phi) is 3.39. The van der Waals surface area contributed by atoms with E-state index in [-0.39, 0.29) is 17.7 Å². The smallest absolute Gasteiger partial charge is 0.262 e. The van der Waals surface area contributed by atoms with Crippen molar-refractivity contribution in [2.45, 2.75) is 19.4 Å². The molecule has 1 unspecified atom stereocenters. The van der Waals surface area contributed by atoms with Crippen LogP contribution in [0.1, 0.15) is 21.5 Å². The molecule has 21 heavy (non-hydrogen) atoms. The topological polar surface area (TPSA) is 66.6 Å². The third-order valence-corrected chi connectivity index (χ3v) is 3.81. The maximum atomic E-state index is 12.8. The van der Waals surface area contributed by atoms with Crippen molar-refractivity contribution in [1.29, 1.82) is 0 Å². The van der Waals surface area contributed by atoms with Crippen molar-refractivity contribution in [1.82, 2.24) is 0 Å². The van der Waals surface area contributed by atoms with E-state index in [1.807, 2.05) is 31.2 Å². The van der Waals surface area contributed by atoms with Gasteiger partial charge in [-0.05, 0) is 37.1 Å². The van der Waals surface area contributed by atoms with Crippen molar-refractivity contribution >= 4 is 11.6 Å². The van der Waals surface area contributed by atoms with Crippen molar-refractivity contribution in [3.63, 3.8) is 0 Å². The maximum Gasteiger partial charge on any atom is 0.262 e. The molecule has 0 spiro atoms. The van der Waals surface area contributed by atoms with Gasteiger partial charge >= 0.3 is 0 Å². The summed E-state index contributed by atoms with van der Waals surface area (Å²) in [6.07, 6.45) is 0.764. The van der Waals surface area contributed by atoms with Gasteiger partial charge in [-0.15, -0.1) is 0 Å². The summed E-state index contributed by atoms with van der Waals surface area (Å²) in [5.74, 6) is -0.207. The van der Waals surface area contributed by atoms with Gasteiger partial charge in [0.2, 0.25) is 0 Å². The summed E-state index contributed by atoms with van der Waals surface area (Å²) in [4.78, 5) is 14.5. The fraction of sp³-hybridized carbons (Fsp3) is 0.235. The Labute approximate surface area is 123 Å². The summed E-state index contributed by atoms with van der Waals surface area (Å²) >= 11 is 0. The zero-order valence-corrected chi connectivity index (χ0v) is 11.9. The lowest BCUT2D eigenvalue weighted by atomic mass is 9.97. The molecule has 0 radical (unpaired) electrons. The van der Waals surface area contributed by atoms with Gasteiger partial charge in [0.1, 0.15) is 5.75 Å². The number of carbonyl (C=O) groups is 1. The highest BCUT2D eigenvalue weighted by Gasteiger charge is 2.28. The average Bonchev–Trinajstić information content (AvgIpc) is 2.48. The summed E-state index contributed by atoms with van der Waals surface area (Å²) in [5.41, 5.74) is 9.27. The molecule has 0 aliphatic carbocycles. The summed E-state index contributed by atoms with van der Waals surface area (Å²) < 4.78 is 0. The second-order valence-electron chi connectivity index (χ2n) is 5.53. The second-order valence-corrected chi connectivity index (χ2v) is 5.53. The van der Waals surface area contributed by atoms with Gasteiger partial charge in [0.15, 0.2) is 0 Å². The van der Waals surface area contributed by atoms with Gasteiger partial charge in [-0.3, -0.25) is 4.79 Å². The Bertz CT molecular complexity index is 697. The number of hydrogen-bond donors (Lipinski definition) is 2. The van der Waals surface area contributed by atoms with Crippen LogP contribution in [0.4, 0.5) is 5.69 Å². The molecule has 1 aliphatic heterocycles. The number of anilines is 1. The van der Waals surface area contributed by atoms with Crippen LogP contribution >= 0.6 is 0 Å². The lowest BCUT2D eigenvalue weighted by Gasteiger charge is -2.33. The molecule has 108 valence electrons. The van der Waals surface area contributed by atoms with Crippen molar-refractivity contribution in [2.24, 2.45) is 5.73 Å². The largest absolute Gasteiger partial charge is 0.507 e. The number of hydrogen-bond acceptors (Lipinski definition) is 3. The summed E-state index contributed by atoms with van der Waals surface area (Å²) in [5, 5.41) is 9.97. The van der Waals surface area contributed by atoms with Crippen LogP contribution in [0.2, 0.25) is 0 Å². The van der Waals surface area contributed by atoms with Gasteiger partial charge in [0, 0.05) is 18.3 Å². The molecule has 1 atom stereocenters. The molecule has 0 aromatic heterocycles. The number of aryl methyl sites for hydroxylation is 1. The first-order valence-electron chi connectivity index (χ1n) is 7.01. The molecule has 0 fully saturated rings. The first-order valence-corrected chi connectivity index (χ1v) is 7.01. The van der Waals surface area contributed by atoms with Crippen LogP contribution in [0, 0.1) is 6.92 Å². The number of carbonyl (C=O) groups excluding carboxylic acids is 1. The standard InChI is InChI=1S/C17H18N2O2/c1-11-6-7-16(20)14(8-11)17(21)19-10-13(18)9-12-4-2-3-5-15(12)19/h2-8,13,20H,9-10,18H2,1H3. The number of nitrogens with zero attached hydrogens (tertiary/aromatic N) is 1. The number of para-hydroxylation sites is 1. The van der Waals surface area contributed by atoms with E-state index in [1.165, 1.54) is 0 Å². The van der Waals surface area contributed by atoms with Crippen LogP contribution in [0.25, 0.3) is 0 Å². The summed E-state index contributed by atoms with van der Waals surface area (Å²) in [7, 11) is 0. The minimum absolute atomic E-state index is 0.00206. The Balaban J connectivity index is 2.04. The molecule has 1 amide bonds. The summed E-state index contributed by atoms with van der Waals surface area (Å²) in [6.45, 7) is 2.36. The third kappa shape index (κ3) is 2.50. The molecule has 4 heteroatoms. The molecular formula is C17H18N2O2. The van der Waals surface area contributed by atoms with E-state index < -0.39 is 0 Å². The first kappa shape index (κ1) is 13.6. The second kappa shape index (κ2) is 5.22. The molecule has 2 aromatic carbocycles. The van der Waals surface area contributed by atoms with Gasteiger partial charge in [0.25, 0.3) is 5.91 Å². The first-order chi connectivity index (χ1) is 10.1.